The zero-order valence-corrected chi connectivity index (χ0v) is 8.66. The summed E-state index contributed by atoms with van der Waals surface area (Å²) in [6, 6.07) is 8.60. The predicted molar refractivity (Wildman–Crippen MR) is 57.9 cm³/mol. The molecule has 0 bridgehead atoms. The third-order valence-electron chi connectivity index (χ3n) is 2.53. The molecule has 1 aromatic carbocycles. The molecule has 0 spiro atoms. The van der Waals surface area contributed by atoms with E-state index >= 15 is 0 Å². The summed E-state index contributed by atoms with van der Waals surface area (Å²) in [5.74, 6) is 0.919. The molecule has 1 aliphatic heterocycles. The molecule has 14 heavy (non-hydrogen) atoms. The predicted octanol–water partition coefficient (Wildman–Crippen LogP) is 1.42. The molecule has 0 saturated carbocycles. The normalized spacial score (nSPS) is 17.6. The molecule has 1 fully saturated rings. The van der Waals surface area contributed by atoms with Gasteiger partial charge >= 0.3 is 0 Å². The molecule has 0 atom stereocenters. The monoisotopic (exact) mass is 192 g/mol. The zero-order valence-electron chi connectivity index (χ0n) is 8.66. The van der Waals surface area contributed by atoms with Crippen LogP contribution in [0.15, 0.2) is 24.3 Å². The van der Waals surface area contributed by atoms with Crippen molar-refractivity contribution in [1.82, 2.24) is 4.90 Å². The fourth-order valence-corrected chi connectivity index (χ4v) is 1.77. The molecule has 1 N–H and O–H groups in total. The molecule has 3 nitrogen and oxygen atoms in total. The van der Waals surface area contributed by atoms with E-state index in [0.29, 0.717) is 6.04 Å². The second-order valence-electron chi connectivity index (χ2n) is 3.76. The van der Waals surface area contributed by atoms with Gasteiger partial charge in [-0.3, -0.25) is 0 Å². The highest BCUT2D eigenvalue weighted by atomic mass is 16.5. The average Bonchev–Trinajstić information content (AvgIpc) is 2.16. The van der Waals surface area contributed by atoms with Crippen LogP contribution in [0.1, 0.15) is 0 Å². The molecule has 0 radical (unpaired) electrons. The third-order valence-corrected chi connectivity index (χ3v) is 2.53. The fourth-order valence-electron chi connectivity index (χ4n) is 1.77. The Kier molecular flexibility index (Phi) is 2.59. The fraction of sp³-hybridized carbons (Fsp3) is 0.455. The van der Waals surface area contributed by atoms with Crippen molar-refractivity contribution in [2.75, 3.05) is 32.6 Å². The van der Waals surface area contributed by atoms with Crippen LogP contribution in [0, 0.1) is 0 Å². The van der Waals surface area contributed by atoms with Gasteiger partial charge in [0.25, 0.3) is 0 Å². The Hall–Kier alpha value is -1.22. The maximum atomic E-state index is 5.27. The van der Waals surface area contributed by atoms with E-state index in [1.165, 1.54) is 0 Å². The SMILES string of the molecule is COc1ccccc1NC1CN(C)C1. The molecule has 0 aliphatic carbocycles. The molecular weight excluding hydrogens is 176 g/mol. The van der Waals surface area contributed by atoms with Gasteiger partial charge < -0.3 is 15.0 Å². The van der Waals surface area contributed by atoms with Gasteiger partial charge in [-0.25, -0.2) is 0 Å². The minimum absolute atomic E-state index is 0.566. The Balaban J connectivity index is 2.01. The highest BCUT2D eigenvalue weighted by Gasteiger charge is 2.23. The molecule has 3 heteroatoms. The van der Waals surface area contributed by atoms with Crippen LogP contribution < -0.4 is 10.1 Å². The van der Waals surface area contributed by atoms with Crippen molar-refractivity contribution < 1.29 is 4.74 Å². The molecule has 2 rings (SSSR count). The van der Waals surface area contributed by atoms with E-state index in [1.54, 1.807) is 7.11 Å². The van der Waals surface area contributed by atoms with Gasteiger partial charge in [0.05, 0.1) is 18.8 Å². The lowest BCUT2D eigenvalue weighted by atomic mass is 10.1. The van der Waals surface area contributed by atoms with E-state index in [2.05, 4.69) is 23.3 Å². The number of benzene rings is 1. The summed E-state index contributed by atoms with van der Waals surface area (Å²) in [5.41, 5.74) is 1.09. The number of nitrogens with one attached hydrogen (secondary N) is 1. The molecule has 0 unspecified atom stereocenters. The number of hydrogen-bond donors (Lipinski definition) is 1. The van der Waals surface area contributed by atoms with Crippen LogP contribution in [-0.2, 0) is 0 Å². The number of hydrogen-bond acceptors (Lipinski definition) is 3. The van der Waals surface area contributed by atoms with Gasteiger partial charge in [0.15, 0.2) is 0 Å². The summed E-state index contributed by atoms with van der Waals surface area (Å²) in [4.78, 5) is 2.28. The molecule has 1 heterocycles. The lowest BCUT2D eigenvalue weighted by Crippen LogP contribution is -2.52. The van der Waals surface area contributed by atoms with Gasteiger partial charge in [0.1, 0.15) is 5.75 Å². The molecule has 76 valence electrons. The number of likely N-dealkylation sites (tertiary alicyclic amines) is 1. The Morgan fingerprint density at radius 2 is 2.07 bits per heavy atom. The first-order valence-corrected chi connectivity index (χ1v) is 4.87. The van der Waals surface area contributed by atoms with Crippen LogP contribution in [0.4, 0.5) is 5.69 Å². The third kappa shape index (κ3) is 1.82. The molecule has 1 saturated heterocycles. The zero-order chi connectivity index (χ0) is 9.97. The molecule has 0 aromatic heterocycles. The van der Waals surface area contributed by atoms with E-state index in [-0.39, 0.29) is 0 Å². The summed E-state index contributed by atoms with van der Waals surface area (Å²) in [5, 5.41) is 3.46. The Labute approximate surface area is 84.7 Å². The summed E-state index contributed by atoms with van der Waals surface area (Å²) >= 11 is 0. The molecular formula is C11H16N2O. The molecule has 0 amide bonds. The van der Waals surface area contributed by atoms with Crippen LogP contribution in [-0.4, -0.2) is 38.2 Å². The van der Waals surface area contributed by atoms with Gasteiger partial charge in [0, 0.05) is 13.1 Å². The Morgan fingerprint density at radius 3 is 2.71 bits per heavy atom. The van der Waals surface area contributed by atoms with Crippen LogP contribution in [0.3, 0.4) is 0 Å². The summed E-state index contributed by atoms with van der Waals surface area (Å²) in [6.07, 6.45) is 0. The van der Waals surface area contributed by atoms with E-state index in [0.717, 1.165) is 24.5 Å². The lowest BCUT2D eigenvalue weighted by Gasteiger charge is -2.37. The second kappa shape index (κ2) is 3.88. The van der Waals surface area contributed by atoms with E-state index < -0.39 is 0 Å². The van der Waals surface area contributed by atoms with Crippen molar-refractivity contribution in [3.8, 4) is 5.75 Å². The largest absolute Gasteiger partial charge is 0.495 e. The second-order valence-corrected chi connectivity index (χ2v) is 3.76. The van der Waals surface area contributed by atoms with E-state index in [1.807, 2.05) is 18.2 Å². The quantitative estimate of drug-likeness (QED) is 0.784. The van der Waals surface area contributed by atoms with Crippen molar-refractivity contribution in [2.45, 2.75) is 6.04 Å². The number of nitrogens with zero attached hydrogens (tertiary/aromatic N) is 1. The number of ether oxygens (including phenoxy) is 1. The van der Waals surface area contributed by atoms with Gasteiger partial charge in [-0.2, -0.15) is 0 Å². The number of rotatable bonds is 3. The van der Waals surface area contributed by atoms with Crippen molar-refractivity contribution in [3.63, 3.8) is 0 Å². The first kappa shape index (κ1) is 9.34. The summed E-state index contributed by atoms with van der Waals surface area (Å²) < 4.78 is 5.27. The lowest BCUT2D eigenvalue weighted by molar-refractivity contribution is 0.205. The topological polar surface area (TPSA) is 24.5 Å². The first-order chi connectivity index (χ1) is 6.79. The van der Waals surface area contributed by atoms with Gasteiger partial charge in [0.2, 0.25) is 0 Å². The Bertz CT molecular complexity index is 308. The van der Waals surface area contributed by atoms with Crippen molar-refractivity contribution in [1.29, 1.82) is 0 Å². The standard InChI is InChI=1S/C11H16N2O/c1-13-7-9(8-13)12-10-5-3-4-6-11(10)14-2/h3-6,9,12H,7-8H2,1-2H3. The molecule has 1 aliphatic rings. The Morgan fingerprint density at radius 1 is 1.36 bits per heavy atom. The number of likely N-dealkylation sites (N-methyl/N-ethyl adjacent to an activating group) is 1. The highest BCUT2D eigenvalue weighted by Crippen LogP contribution is 2.25. The van der Waals surface area contributed by atoms with Crippen LogP contribution >= 0.6 is 0 Å². The van der Waals surface area contributed by atoms with Crippen molar-refractivity contribution in [2.24, 2.45) is 0 Å². The van der Waals surface area contributed by atoms with E-state index in [9.17, 15) is 0 Å². The minimum Gasteiger partial charge on any atom is -0.495 e. The average molecular weight is 192 g/mol. The smallest absolute Gasteiger partial charge is 0.141 e. The summed E-state index contributed by atoms with van der Waals surface area (Å²) in [6.45, 7) is 2.22. The number of anilines is 1. The van der Waals surface area contributed by atoms with Crippen LogP contribution in [0.25, 0.3) is 0 Å². The minimum atomic E-state index is 0.566. The number of para-hydroxylation sites is 2. The van der Waals surface area contributed by atoms with Crippen LogP contribution in [0.2, 0.25) is 0 Å². The maximum absolute atomic E-state index is 5.27. The van der Waals surface area contributed by atoms with Gasteiger partial charge in [-0.15, -0.1) is 0 Å². The van der Waals surface area contributed by atoms with E-state index in [4.69, 9.17) is 4.74 Å². The van der Waals surface area contributed by atoms with Crippen molar-refractivity contribution in [3.05, 3.63) is 24.3 Å². The van der Waals surface area contributed by atoms with Gasteiger partial charge in [-0.1, -0.05) is 12.1 Å². The maximum Gasteiger partial charge on any atom is 0.141 e. The van der Waals surface area contributed by atoms with Crippen molar-refractivity contribution >= 4 is 5.69 Å². The molecule has 1 aromatic rings. The van der Waals surface area contributed by atoms with Gasteiger partial charge in [-0.05, 0) is 19.2 Å². The highest BCUT2D eigenvalue weighted by molar-refractivity contribution is 5.57. The first-order valence-electron chi connectivity index (χ1n) is 4.87. The van der Waals surface area contributed by atoms with Crippen LogP contribution in [0.5, 0.6) is 5.75 Å². The summed E-state index contributed by atoms with van der Waals surface area (Å²) in [7, 11) is 3.83. The number of methoxy groups -OCH3 is 1.